The maximum absolute atomic E-state index is 12.8. The van der Waals surface area contributed by atoms with Crippen molar-refractivity contribution < 1.29 is 34.2 Å². The Morgan fingerprint density at radius 2 is 1.27 bits per heavy atom. The molecule has 0 aliphatic heterocycles. The summed E-state index contributed by atoms with van der Waals surface area (Å²) >= 11 is 0. The molecule has 0 saturated carbocycles. The number of carbonyl (C=O) groups excluding carboxylic acids is 4. The van der Waals surface area contributed by atoms with Crippen molar-refractivity contribution in [3.8, 4) is 5.75 Å². The Balaban J connectivity index is 2.79. The molecule has 0 aliphatic rings. The molecule has 0 aliphatic carbocycles. The number of benzene rings is 1. The van der Waals surface area contributed by atoms with Gasteiger partial charge in [-0.1, -0.05) is 39.8 Å². The van der Waals surface area contributed by atoms with Gasteiger partial charge in [-0.2, -0.15) is 0 Å². The monoisotopic (exact) mass is 521 g/mol. The van der Waals surface area contributed by atoms with Gasteiger partial charge in [-0.05, 0) is 42.4 Å². The number of aliphatic carboxylic acids is 1. The largest absolute Gasteiger partial charge is 0.508 e. The van der Waals surface area contributed by atoms with Crippen molar-refractivity contribution in [2.45, 2.75) is 65.1 Å². The van der Waals surface area contributed by atoms with E-state index in [4.69, 9.17) is 5.73 Å². The zero-order valence-corrected chi connectivity index (χ0v) is 21.7. The minimum absolute atomic E-state index is 0.0280. The standard InChI is InChI=1S/C25H39N5O7/c1-14(2)9-18(26)23(34)27-12-21(32)29-19(11-16-5-7-17(31)8-6-16)24(35)28-13-22(33)30-20(25(36)37)10-15(3)4/h5-8,14-15,18-20,31H,9-13,26H2,1-4H3,(H,27,34)(H,28,35)(H,29,32)(H,30,33)(H,36,37)/t18-,19-,20-/m0/s1. The van der Waals surface area contributed by atoms with Crippen LogP contribution >= 0.6 is 0 Å². The molecule has 0 bridgehead atoms. The molecule has 1 aromatic rings. The molecular formula is C25H39N5O7. The summed E-state index contributed by atoms with van der Waals surface area (Å²) < 4.78 is 0. The van der Waals surface area contributed by atoms with Crippen molar-refractivity contribution in [3.63, 3.8) is 0 Å². The Hall–Kier alpha value is -3.67. The number of phenolic OH excluding ortho intramolecular Hbond substituents is 1. The quantitative estimate of drug-likeness (QED) is 0.162. The van der Waals surface area contributed by atoms with Crippen LogP contribution in [0.4, 0.5) is 0 Å². The van der Waals surface area contributed by atoms with Gasteiger partial charge in [0.1, 0.15) is 17.8 Å². The van der Waals surface area contributed by atoms with Crippen molar-refractivity contribution in [2.75, 3.05) is 13.1 Å². The van der Waals surface area contributed by atoms with Crippen LogP contribution in [0.15, 0.2) is 24.3 Å². The molecule has 0 spiro atoms. The second-order valence-corrected chi connectivity index (χ2v) is 9.75. The lowest BCUT2D eigenvalue weighted by Crippen LogP contribution is -2.53. The average Bonchev–Trinajstić information content (AvgIpc) is 2.80. The summed E-state index contributed by atoms with van der Waals surface area (Å²) in [6, 6.07) is 3.02. The topological polar surface area (TPSA) is 200 Å². The van der Waals surface area contributed by atoms with Gasteiger partial charge in [0, 0.05) is 6.42 Å². The van der Waals surface area contributed by atoms with Crippen molar-refractivity contribution in [1.82, 2.24) is 21.3 Å². The minimum atomic E-state index is -1.18. The van der Waals surface area contributed by atoms with Crippen molar-refractivity contribution in [2.24, 2.45) is 17.6 Å². The number of nitrogens with two attached hydrogens (primary N) is 1. The fourth-order valence-corrected chi connectivity index (χ4v) is 3.46. The fourth-order valence-electron chi connectivity index (χ4n) is 3.46. The maximum Gasteiger partial charge on any atom is 0.326 e. The third-order valence-corrected chi connectivity index (χ3v) is 5.28. The molecular weight excluding hydrogens is 482 g/mol. The SMILES string of the molecule is CC(C)C[C@H](NC(=O)CNC(=O)[C@H](Cc1ccc(O)cc1)NC(=O)CNC(=O)[C@@H](N)CC(C)C)C(=O)O. The number of carboxylic acid groups (broad SMARTS) is 1. The Labute approximate surface area is 216 Å². The predicted octanol–water partition coefficient (Wildman–Crippen LogP) is -0.359. The molecule has 0 radical (unpaired) electrons. The summed E-state index contributed by atoms with van der Waals surface area (Å²) in [6.45, 7) is 6.57. The second kappa shape index (κ2) is 15.4. The molecule has 8 N–H and O–H groups in total. The highest BCUT2D eigenvalue weighted by Crippen LogP contribution is 2.11. The molecule has 206 valence electrons. The van der Waals surface area contributed by atoms with E-state index < -0.39 is 60.8 Å². The molecule has 12 nitrogen and oxygen atoms in total. The first-order valence-electron chi connectivity index (χ1n) is 12.2. The highest BCUT2D eigenvalue weighted by Gasteiger charge is 2.25. The predicted molar refractivity (Wildman–Crippen MR) is 136 cm³/mol. The van der Waals surface area contributed by atoms with Gasteiger partial charge in [0.05, 0.1) is 19.1 Å². The lowest BCUT2D eigenvalue weighted by molar-refractivity contribution is -0.142. The van der Waals surface area contributed by atoms with E-state index in [0.29, 0.717) is 12.0 Å². The van der Waals surface area contributed by atoms with Crippen LogP contribution in [0.5, 0.6) is 5.75 Å². The first kappa shape index (κ1) is 31.4. The Kier molecular flexibility index (Phi) is 13.1. The number of hydrogen-bond donors (Lipinski definition) is 7. The number of nitrogens with one attached hydrogen (secondary N) is 4. The number of aromatic hydroxyl groups is 1. The van der Waals surface area contributed by atoms with Crippen LogP contribution in [0, 0.1) is 11.8 Å². The molecule has 1 rings (SSSR count). The lowest BCUT2D eigenvalue weighted by Gasteiger charge is -2.20. The first-order valence-corrected chi connectivity index (χ1v) is 12.2. The fraction of sp³-hybridized carbons (Fsp3) is 0.560. The molecule has 12 heteroatoms. The van der Waals surface area contributed by atoms with Crippen LogP contribution in [-0.4, -0.2) is 71.0 Å². The van der Waals surface area contributed by atoms with E-state index in [1.54, 1.807) is 12.1 Å². The molecule has 0 unspecified atom stereocenters. The maximum atomic E-state index is 12.8. The number of carbonyl (C=O) groups is 5. The molecule has 37 heavy (non-hydrogen) atoms. The summed E-state index contributed by atoms with van der Waals surface area (Å²) in [4.78, 5) is 61.0. The molecule has 0 saturated heterocycles. The van der Waals surface area contributed by atoms with Crippen LogP contribution in [0.1, 0.15) is 46.1 Å². The normalized spacial score (nSPS) is 13.4. The van der Waals surface area contributed by atoms with E-state index >= 15 is 0 Å². The van der Waals surface area contributed by atoms with Gasteiger partial charge in [0.2, 0.25) is 23.6 Å². The third-order valence-electron chi connectivity index (χ3n) is 5.28. The number of hydrogen-bond acceptors (Lipinski definition) is 7. The van der Waals surface area contributed by atoms with Crippen molar-refractivity contribution >= 4 is 29.6 Å². The molecule has 0 fully saturated rings. The van der Waals surface area contributed by atoms with Gasteiger partial charge in [0.25, 0.3) is 0 Å². The number of phenols is 1. The highest BCUT2D eigenvalue weighted by molar-refractivity contribution is 5.93. The number of rotatable bonds is 15. The average molecular weight is 522 g/mol. The first-order chi connectivity index (χ1) is 17.3. The third kappa shape index (κ3) is 12.7. The molecule has 3 atom stereocenters. The second-order valence-electron chi connectivity index (χ2n) is 9.75. The van der Waals surface area contributed by atoms with Crippen LogP contribution in [0.25, 0.3) is 0 Å². The molecule has 0 aromatic heterocycles. The zero-order valence-electron chi connectivity index (χ0n) is 21.7. The van der Waals surface area contributed by atoms with Crippen LogP contribution in [0.2, 0.25) is 0 Å². The highest BCUT2D eigenvalue weighted by atomic mass is 16.4. The van der Waals surface area contributed by atoms with E-state index in [0.717, 1.165) is 0 Å². The van der Waals surface area contributed by atoms with Gasteiger partial charge in [-0.3, -0.25) is 19.2 Å². The van der Waals surface area contributed by atoms with Crippen LogP contribution in [0.3, 0.4) is 0 Å². The van der Waals surface area contributed by atoms with E-state index in [2.05, 4.69) is 21.3 Å². The zero-order chi connectivity index (χ0) is 28.1. The smallest absolute Gasteiger partial charge is 0.326 e. The van der Waals surface area contributed by atoms with Gasteiger partial charge in [-0.15, -0.1) is 0 Å². The summed E-state index contributed by atoms with van der Waals surface area (Å²) in [5, 5.41) is 28.5. The van der Waals surface area contributed by atoms with Gasteiger partial charge in [0.15, 0.2) is 0 Å². The lowest BCUT2D eigenvalue weighted by atomic mass is 10.0. The minimum Gasteiger partial charge on any atom is -0.508 e. The summed E-state index contributed by atoms with van der Waals surface area (Å²) in [5.74, 6) is -3.44. The van der Waals surface area contributed by atoms with E-state index in [9.17, 15) is 34.2 Å². The van der Waals surface area contributed by atoms with E-state index in [-0.39, 0.29) is 30.4 Å². The van der Waals surface area contributed by atoms with Crippen molar-refractivity contribution in [1.29, 1.82) is 0 Å². The van der Waals surface area contributed by atoms with Crippen LogP contribution < -0.4 is 27.0 Å². The van der Waals surface area contributed by atoms with Crippen LogP contribution in [-0.2, 0) is 30.4 Å². The summed E-state index contributed by atoms with van der Waals surface area (Å²) in [5.41, 5.74) is 6.43. The Bertz CT molecular complexity index is 934. The molecule has 4 amide bonds. The Morgan fingerprint density at radius 3 is 1.76 bits per heavy atom. The van der Waals surface area contributed by atoms with Gasteiger partial charge >= 0.3 is 5.97 Å². The summed E-state index contributed by atoms with van der Waals surface area (Å²) in [7, 11) is 0. The number of amides is 4. The van der Waals surface area contributed by atoms with Crippen molar-refractivity contribution in [3.05, 3.63) is 29.8 Å². The van der Waals surface area contributed by atoms with Gasteiger partial charge < -0.3 is 37.2 Å². The van der Waals surface area contributed by atoms with Gasteiger partial charge in [-0.25, -0.2) is 4.79 Å². The Morgan fingerprint density at radius 1 is 0.784 bits per heavy atom. The molecule has 0 heterocycles. The number of carboxylic acids is 1. The molecule has 1 aromatic carbocycles. The van der Waals surface area contributed by atoms with E-state index in [1.807, 2.05) is 27.7 Å². The summed E-state index contributed by atoms with van der Waals surface area (Å²) in [6.07, 6.45) is 0.702. The van der Waals surface area contributed by atoms with E-state index in [1.165, 1.54) is 12.1 Å².